The van der Waals surface area contributed by atoms with Gasteiger partial charge in [-0.25, -0.2) is 8.42 Å². The molecule has 1 aliphatic rings. The van der Waals surface area contributed by atoms with Crippen LogP contribution in [0.25, 0.3) is 0 Å². The SMILES string of the molecule is COc1ccc(S(=O)(=O)N2CCC(C(=O)NCc3ccc(Cl)cc3)CC2)cc1. The van der Waals surface area contributed by atoms with Crippen LogP contribution in [0.3, 0.4) is 0 Å². The summed E-state index contributed by atoms with van der Waals surface area (Å²) < 4.78 is 32.1. The molecule has 1 saturated heterocycles. The number of carbonyl (C=O) groups is 1. The largest absolute Gasteiger partial charge is 0.497 e. The van der Waals surface area contributed by atoms with E-state index in [9.17, 15) is 13.2 Å². The molecule has 0 unspecified atom stereocenters. The van der Waals surface area contributed by atoms with Gasteiger partial charge in [-0.1, -0.05) is 23.7 Å². The molecule has 8 heteroatoms. The molecule has 3 rings (SSSR count). The normalized spacial score (nSPS) is 15.9. The molecule has 0 spiro atoms. The molecule has 1 N–H and O–H groups in total. The van der Waals surface area contributed by atoms with Crippen molar-refractivity contribution in [2.75, 3.05) is 20.2 Å². The van der Waals surface area contributed by atoms with Crippen LogP contribution in [0.2, 0.25) is 5.02 Å². The molecule has 0 saturated carbocycles. The summed E-state index contributed by atoms with van der Waals surface area (Å²) in [5.74, 6) is 0.376. The highest BCUT2D eigenvalue weighted by atomic mass is 35.5. The minimum atomic E-state index is -3.56. The maximum atomic E-state index is 12.8. The van der Waals surface area contributed by atoms with Gasteiger partial charge in [-0.3, -0.25) is 4.79 Å². The van der Waals surface area contributed by atoms with Crippen molar-refractivity contribution in [2.24, 2.45) is 5.92 Å². The number of sulfonamides is 1. The molecular weight excluding hydrogens is 400 g/mol. The van der Waals surface area contributed by atoms with Crippen LogP contribution in [0.4, 0.5) is 0 Å². The number of hydrogen-bond acceptors (Lipinski definition) is 4. The Balaban J connectivity index is 1.54. The minimum Gasteiger partial charge on any atom is -0.497 e. The van der Waals surface area contributed by atoms with Crippen molar-refractivity contribution in [3.63, 3.8) is 0 Å². The average molecular weight is 423 g/mol. The van der Waals surface area contributed by atoms with Crippen molar-refractivity contribution < 1.29 is 17.9 Å². The molecule has 1 aliphatic heterocycles. The van der Waals surface area contributed by atoms with Crippen molar-refractivity contribution in [1.82, 2.24) is 9.62 Å². The maximum Gasteiger partial charge on any atom is 0.243 e. The van der Waals surface area contributed by atoms with Crippen LogP contribution in [-0.2, 0) is 21.4 Å². The number of amides is 1. The van der Waals surface area contributed by atoms with Gasteiger partial charge >= 0.3 is 0 Å². The number of nitrogens with zero attached hydrogens (tertiary/aromatic N) is 1. The minimum absolute atomic E-state index is 0.0450. The fraction of sp³-hybridized carbons (Fsp3) is 0.350. The first-order valence-corrected chi connectivity index (χ1v) is 10.9. The van der Waals surface area contributed by atoms with Crippen molar-refractivity contribution in [3.8, 4) is 5.75 Å². The van der Waals surface area contributed by atoms with Gasteiger partial charge in [0.1, 0.15) is 5.75 Å². The zero-order valence-electron chi connectivity index (χ0n) is 15.6. The molecule has 0 aliphatic carbocycles. The molecule has 1 heterocycles. The number of piperidine rings is 1. The van der Waals surface area contributed by atoms with E-state index in [2.05, 4.69) is 5.32 Å². The van der Waals surface area contributed by atoms with E-state index in [1.165, 1.54) is 11.4 Å². The molecule has 1 fully saturated rings. The fourth-order valence-electron chi connectivity index (χ4n) is 3.19. The zero-order valence-corrected chi connectivity index (χ0v) is 17.2. The summed E-state index contributed by atoms with van der Waals surface area (Å²) in [6.07, 6.45) is 1.00. The predicted octanol–water partition coefficient (Wildman–Crippen LogP) is 3.07. The average Bonchev–Trinajstić information content (AvgIpc) is 2.73. The number of methoxy groups -OCH3 is 1. The third-order valence-corrected chi connectivity index (χ3v) is 7.07. The molecule has 150 valence electrons. The molecular formula is C20H23ClN2O4S. The van der Waals surface area contributed by atoms with Crippen molar-refractivity contribution in [1.29, 1.82) is 0 Å². The van der Waals surface area contributed by atoms with E-state index in [0.29, 0.717) is 43.2 Å². The summed E-state index contributed by atoms with van der Waals surface area (Å²) in [6.45, 7) is 1.08. The van der Waals surface area contributed by atoms with E-state index in [1.54, 1.807) is 36.4 Å². The summed E-state index contributed by atoms with van der Waals surface area (Å²) in [6, 6.07) is 13.6. The molecule has 6 nitrogen and oxygen atoms in total. The van der Waals surface area contributed by atoms with Crippen LogP contribution in [0, 0.1) is 5.92 Å². The highest BCUT2D eigenvalue weighted by Crippen LogP contribution is 2.25. The van der Waals surface area contributed by atoms with Gasteiger partial charge in [0.15, 0.2) is 0 Å². The lowest BCUT2D eigenvalue weighted by Gasteiger charge is -2.30. The summed E-state index contributed by atoms with van der Waals surface area (Å²) in [5.41, 5.74) is 0.970. The topological polar surface area (TPSA) is 75.7 Å². The van der Waals surface area contributed by atoms with Gasteiger partial charge in [0.2, 0.25) is 15.9 Å². The molecule has 0 aromatic heterocycles. The van der Waals surface area contributed by atoms with Gasteiger partial charge in [0, 0.05) is 30.6 Å². The van der Waals surface area contributed by atoms with E-state index < -0.39 is 10.0 Å². The fourth-order valence-corrected chi connectivity index (χ4v) is 4.79. The summed E-state index contributed by atoms with van der Waals surface area (Å²) in [5, 5.41) is 3.58. The first kappa shape index (κ1) is 20.6. The number of halogens is 1. The third-order valence-electron chi connectivity index (χ3n) is 4.90. The Morgan fingerprint density at radius 2 is 1.71 bits per heavy atom. The Kier molecular flexibility index (Phi) is 6.59. The van der Waals surface area contributed by atoms with Gasteiger partial charge in [0.05, 0.1) is 12.0 Å². The molecule has 2 aromatic carbocycles. The third kappa shape index (κ3) is 4.84. The lowest BCUT2D eigenvalue weighted by molar-refractivity contribution is -0.126. The summed E-state index contributed by atoms with van der Waals surface area (Å²) in [4.78, 5) is 12.7. The van der Waals surface area contributed by atoms with Crippen molar-refractivity contribution >= 4 is 27.5 Å². The van der Waals surface area contributed by atoms with Crippen molar-refractivity contribution in [2.45, 2.75) is 24.3 Å². The lowest BCUT2D eigenvalue weighted by Crippen LogP contribution is -2.42. The molecule has 28 heavy (non-hydrogen) atoms. The Bertz CT molecular complexity index is 906. The van der Waals surface area contributed by atoms with E-state index in [-0.39, 0.29) is 16.7 Å². The van der Waals surface area contributed by atoms with Gasteiger partial charge in [-0.15, -0.1) is 0 Å². The second-order valence-corrected chi connectivity index (χ2v) is 9.07. The van der Waals surface area contributed by atoms with Crippen LogP contribution in [-0.4, -0.2) is 38.8 Å². The monoisotopic (exact) mass is 422 g/mol. The Morgan fingerprint density at radius 1 is 1.11 bits per heavy atom. The van der Waals surface area contributed by atoms with Gasteiger partial charge in [-0.2, -0.15) is 4.31 Å². The van der Waals surface area contributed by atoms with E-state index in [0.717, 1.165) is 5.56 Å². The molecule has 0 bridgehead atoms. The lowest BCUT2D eigenvalue weighted by atomic mass is 9.97. The predicted molar refractivity (Wildman–Crippen MR) is 108 cm³/mol. The number of benzene rings is 2. The standard InChI is InChI=1S/C20H23ClN2O4S/c1-27-18-6-8-19(9-7-18)28(25,26)23-12-10-16(11-13-23)20(24)22-14-15-2-4-17(21)5-3-15/h2-9,16H,10-14H2,1H3,(H,22,24). The number of nitrogens with one attached hydrogen (secondary N) is 1. The van der Waals surface area contributed by atoms with E-state index in [1.807, 2.05) is 12.1 Å². The molecule has 2 aromatic rings. The van der Waals surface area contributed by atoms with Gasteiger partial charge in [-0.05, 0) is 54.8 Å². The number of carbonyl (C=O) groups excluding carboxylic acids is 1. The van der Waals surface area contributed by atoms with Crippen molar-refractivity contribution in [3.05, 3.63) is 59.1 Å². The van der Waals surface area contributed by atoms with Gasteiger partial charge < -0.3 is 10.1 Å². The molecule has 0 atom stereocenters. The van der Waals surface area contributed by atoms with E-state index in [4.69, 9.17) is 16.3 Å². The second kappa shape index (κ2) is 8.94. The van der Waals surface area contributed by atoms with Gasteiger partial charge in [0.25, 0.3) is 0 Å². The smallest absolute Gasteiger partial charge is 0.243 e. The number of hydrogen-bond donors (Lipinski definition) is 1. The number of ether oxygens (including phenoxy) is 1. The number of rotatable bonds is 6. The van der Waals surface area contributed by atoms with E-state index >= 15 is 0 Å². The Labute approximate surface area is 170 Å². The molecule has 1 amide bonds. The first-order valence-electron chi connectivity index (χ1n) is 9.06. The second-order valence-electron chi connectivity index (χ2n) is 6.70. The van der Waals surface area contributed by atoms with Crippen LogP contribution in [0.5, 0.6) is 5.75 Å². The van der Waals surface area contributed by atoms with Crippen LogP contribution < -0.4 is 10.1 Å². The zero-order chi connectivity index (χ0) is 20.1. The van der Waals surface area contributed by atoms with Crippen LogP contribution in [0.1, 0.15) is 18.4 Å². The summed E-state index contributed by atoms with van der Waals surface area (Å²) >= 11 is 5.86. The summed E-state index contributed by atoms with van der Waals surface area (Å²) in [7, 11) is -2.03. The van der Waals surface area contributed by atoms with Crippen LogP contribution in [0.15, 0.2) is 53.4 Å². The highest BCUT2D eigenvalue weighted by molar-refractivity contribution is 7.89. The Morgan fingerprint density at radius 3 is 2.29 bits per heavy atom. The first-order chi connectivity index (χ1) is 13.4. The quantitative estimate of drug-likeness (QED) is 0.776. The molecule has 0 radical (unpaired) electrons. The highest BCUT2D eigenvalue weighted by Gasteiger charge is 2.32. The maximum absolute atomic E-state index is 12.8. The Hall–Kier alpha value is -2.09. The van der Waals surface area contributed by atoms with Crippen LogP contribution >= 0.6 is 11.6 Å².